The largest absolute Gasteiger partial charge is 0.420 e. The monoisotopic (exact) mass is 413 g/mol. The molecule has 6 heteroatoms. The third-order valence-corrected chi connectivity index (χ3v) is 4.51. The van der Waals surface area contributed by atoms with E-state index in [1.54, 1.807) is 0 Å². The summed E-state index contributed by atoms with van der Waals surface area (Å²) in [6.07, 6.45) is 1.89. The van der Waals surface area contributed by atoms with Crippen LogP contribution in [-0.4, -0.2) is 22.1 Å². The SMILES string of the molecule is C[C@@H](CCc1ccccc1)NC(=O)Cc1nnc(-c2ccc(Br)cc2)o1. The molecule has 0 unspecified atom stereocenters. The molecule has 1 amide bonds. The first kappa shape index (κ1) is 18.3. The van der Waals surface area contributed by atoms with Gasteiger partial charge in [-0.05, 0) is 49.6 Å². The number of hydrogen-bond donors (Lipinski definition) is 1. The van der Waals surface area contributed by atoms with E-state index in [1.165, 1.54) is 5.56 Å². The molecular weight excluding hydrogens is 394 g/mol. The summed E-state index contributed by atoms with van der Waals surface area (Å²) in [6, 6.07) is 17.9. The summed E-state index contributed by atoms with van der Waals surface area (Å²) >= 11 is 3.39. The number of hydrogen-bond acceptors (Lipinski definition) is 4. The van der Waals surface area contributed by atoms with Crippen LogP contribution < -0.4 is 5.32 Å². The molecule has 0 bridgehead atoms. The van der Waals surface area contributed by atoms with Gasteiger partial charge < -0.3 is 9.73 Å². The molecule has 0 aliphatic rings. The lowest BCUT2D eigenvalue weighted by Gasteiger charge is -2.13. The lowest BCUT2D eigenvalue weighted by atomic mass is 10.1. The van der Waals surface area contributed by atoms with Crippen LogP contribution in [-0.2, 0) is 17.6 Å². The minimum atomic E-state index is -0.114. The van der Waals surface area contributed by atoms with Gasteiger partial charge in [-0.1, -0.05) is 46.3 Å². The smallest absolute Gasteiger partial charge is 0.247 e. The zero-order valence-electron chi connectivity index (χ0n) is 14.5. The summed E-state index contributed by atoms with van der Waals surface area (Å²) in [4.78, 5) is 12.2. The van der Waals surface area contributed by atoms with E-state index in [9.17, 15) is 4.79 Å². The van der Waals surface area contributed by atoms with Gasteiger partial charge >= 0.3 is 0 Å². The fourth-order valence-electron chi connectivity index (χ4n) is 2.60. The number of carbonyl (C=O) groups is 1. The molecule has 134 valence electrons. The van der Waals surface area contributed by atoms with E-state index in [0.29, 0.717) is 11.8 Å². The molecule has 0 radical (unpaired) electrons. The van der Waals surface area contributed by atoms with Crippen LogP contribution in [0.15, 0.2) is 63.5 Å². The quantitative estimate of drug-likeness (QED) is 0.630. The van der Waals surface area contributed by atoms with Crippen molar-refractivity contribution in [1.82, 2.24) is 15.5 Å². The van der Waals surface area contributed by atoms with Gasteiger partial charge in [0.25, 0.3) is 0 Å². The highest BCUT2D eigenvalue weighted by molar-refractivity contribution is 9.10. The zero-order valence-corrected chi connectivity index (χ0v) is 16.1. The number of benzene rings is 2. The van der Waals surface area contributed by atoms with Gasteiger partial charge in [-0.25, -0.2) is 0 Å². The Morgan fingerprint density at radius 3 is 2.58 bits per heavy atom. The van der Waals surface area contributed by atoms with E-state index in [1.807, 2.05) is 49.4 Å². The highest BCUT2D eigenvalue weighted by atomic mass is 79.9. The topological polar surface area (TPSA) is 68.0 Å². The molecule has 0 aliphatic carbocycles. The average molecular weight is 414 g/mol. The van der Waals surface area contributed by atoms with E-state index < -0.39 is 0 Å². The number of halogens is 1. The molecule has 5 nitrogen and oxygen atoms in total. The first-order valence-corrected chi connectivity index (χ1v) is 9.31. The van der Waals surface area contributed by atoms with Gasteiger partial charge in [0.15, 0.2) is 0 Å². The predicted molar refractivity (Wildman–Crippen MR) is 104 cm³/mol. The van der Waals surface area contributed by atoms with E-state index in [0.717, 1.165) is 22.9 Å². The second-order valence-corrected chi connectivity index (χ2v) is 7.09. The Hall–Kier alpha value is -2.47. The lowest BCUT2D eigenvalue weighted by Crippen LogP contribution is -2.34. The summed E-state index contributed by atoms with van der Waals surface area (Å²) in [7, 11) is 0. The number of nitrogens with one attached hydrogen (secondary N) is 1. The van der Waals surface area contributed by atoms with Crippen LogP contribution in [0.25, 0.3) is 11.5 Å². The molecule has 1 atom stereocenters. The van der Waals surface area contributed by atoms with Gasteiger partial charge in [-0.15, -0.1) is 10.2 Å². The van der Waals surface area contributed by atoms with Crippen LogP contribution in [0.4, 0.5) is 0 Å². The molecule has 0 saturated heterocycles. The van der Waals surface area contributed by atoms with Crippen LogP contribution in [0.3, 0.4) is 0 Å². The van der Waals surface area contributed by atoms with E-state index in [-0.39, 0.29) is 18.4 Å². The molecule has 1 aromatic heterocycles. The van der Waals surface area contributed by atoms with Gasteiger partial charge in [0, 0.05) is 16.1 Å². The molecule has 2 aromatic carbocycles. The van der Waals surface area contributed by atoms with Crippen LogP contribution in [0.1, 0.15) is 24.8 Å². The minimum absolute atomic E-state index is 0.0802. The summed E-state index contributed by atoms with van der Waals surface area (Å²) in [6.45, 7) is 2.00. The van der Waals surface area contributed by atoms with E-state index in [4.69, 9.17) is 4.42 Å². The number of amides is 1. The standard InChI is InChI=1S/C20H20BrN3O2/c1-14(7-8-15-5-3-2-4-6-15)22-18(25)13-19-23-24-20(26-19)16-9-11-17(21)12-10-16/h2-6,9-12,14H,7-8,13H2,1H3,(H,22,25)/t14-/m0/s1. The zero-order chi connectivity index (χ0) is 18.4. The van der Waals surface area contributed by atoms with Crippen LogP contribution in [0, 0.1) is 0 Å². The molecule has 0 fully saturated rings. The van der Waals surface area contributed by atoms with Gasteiger partial charge in [0.2, 0.25) is 17.7 Å². The molecular formula is C20H20BrN3O2. The summed E-state index contributed by atoms with van der Waals surface area (Å²) in [5.74, 6) is 0.615. The number of nitrogens with zero attached hydrogens (tertiary/aromatic N) is 2. The summed E-state index contributed by atoms with van der Waals surface area (Å²) in [5, 5.41) is 11.0. The fraction of sp³-hybridized carbons (Fsp3) is 0.250. The maximum absolute atomic E-state index is 12.2. The molecule has 0 spiro atoms. The van der Waals surface area contributed by atoms with Crippen LogP contribution >= 0.6 is 15.9 Å². The van der Waals surface area contributed by atoms with Crippen LogP contribution in [0.2, 0.25) is 0 Å². The van der Waals surface area contributed by atoms with Crippen LogP contribution in [0.5, 0.6) is 0 Å². The Bertz CT molecular complexity index is 847. The number of aromatic nitrogens is 2. The Morgan fingerprint density at radius 2 is 1.85 bits per heavy atom. The molecule has 3 rings (SSSR count). The Labute approximate surface area is 161 Å². The first-order chi connectivity index (χ1) is 12.6. The van der Waals surface area contributed by atoms with Gasteiger partial charge in [0.05, 0.1) is 0 Å². The molecule has 26 heavy (non-hydrogen) atoms. The number of rotatable bonds is 7. The predicted octanol–water partition coefficient (Wildman–Crippen LogP) is 4.18. The lowest BCUT2D eigenvalue weighted by molar-refractivity contribution is -0.121. The summed E-state index contributed by atoms with van der Waals surface area (Å²) < 4.78 is 6.57. The van der Waals surface area contributed by atoms with Gasteiger partial charge in [0.1, 0.15) is 6.42 Å². The van der Waals surface area contributed by atoms with E-state index >= 15 is 0 Å². The maximum Gasteiger partial charge on any atom is 0.247 e. The Kier molecular flexibility index (Phi) is 6.17. The average Bonchev–Trinajstić information content (AvgIpc) is 3.09. The van der Waals surface area contributed by atoms with Crippen molar-refractivity contribution in [1.29, 1.82) is 0 Å². The molecule has 0 saturated carbocycles. The minimum Gasteiger partial charge on any atom is -0.420 e. The molecule has 0 aliphatic heterocycles. The third kappa shape index (κ3) is 5.26. The second kappa shape index (κ2) is 8.76. The highest BCUT2D eigenvalue weighted by Gasteiger charge is 2.14. The third-order valence-electron chi connectivity index (χ3n) is 3.99. The Balaban J connectivity index is 1.49. The molecule has 3 aromatic rings. The van der Waals surface area contributed by atoms with Crippen molar-refractivity contribution >= 4 is 21.8 Å². The van der Waals surface area contributed by atoms with Crippen molar-refractivity contribution in [3.8, 4) is 11.5 Å². The van der Waals surface area contributed by atoms with Crippen molar-refractivity contribution in [2.75, 3.05) is 0 Å². The van der Waals surface area contributed by atoms with Gasteiger partial charge in [-0.2, -0.15) is 0 Å². The van der Waals surface area contributed by atoms with Crippen molar-refractivity contribution in [3.63, 3.8) is 0 Å². The maximum atomic E-state index is 12.2. The van der Waals surface area contributed by atoms with E-state index in [2.05, 4.69) is 43.6 Å². The Morgan fingerprint density at radius 1 is 1.12 bits per heavy atom. The van der Waals surface area contributed by atoms with Gasteiger partial charge in [-0.3, -0.25) is 4.79 Å². The summed E-state index contributed by atoms with van der Waals surface area (Å²) in [5.41, 5.74) is 2.09. The number of aryl methyl sites for hydroxylation is 1. The normalized spacial score (nSPS) is 11.9. The van der Waals surface area contributed by atoms with Crippen molar-refractivity contribution < 1.29 is 9.21 Å². The van der Waals surface area contributed by atoms with Crippen molar-refractivity contribution in [2.24, 2.45) is 0 Å². The molecule has 1 N–H and O–H groups in total. The molecule has 1 heterocycles. The fourth-order valence-corrected chi connectivity index (χ4v) is 2.86. The van der Waals surface area contributed by atoms with Crippen molar-refractivity contribution in [3.05, 3.63) is 70.5 Å². The van der Waals surface area contributed by atoms with Crippen molar-refractivity contribution in [2.45, 2.75) is 32.2 Å². The number of carbonyl (C=O) groups excluding carboxylic acids is 1. The second-order valence-electron chi connectivity index (χ2n) is 6.18. The first-order valence-electron chi connectivity index (χ1n) is 8.52. The highest BCUT2D eigenvalue weighted by Crippen LogP contribution is 2.20.